The second kappa shape index (κ2) is 42.1. The van der Waals surface area contributed by atoms with Gasteiger partial charge in [-0.05, 0) is 151 Å². The van der Waals surface area contributed by atoms with Gasteiger partial charge in [-0.1, -0.05) is 200 Å². The van der Waals surface area contributed by atoms with Crippen LogP contribution >= 0.6 is 139 Å². The predicted octanol–water partition coefficient (Wildman–Crippen LogP) is 23.5. The first-order valence-corrected chi connectivity index (χ1v) is 48.2. The molecule has 0 aliphatic carbocycles. The molecule has 3 aromatic carbocycles. The Hall–Kier alpha value is -11.6. The van der Waals surface area contributed by atoms with Gasteiger partial charge in [-0.2, -0.15) is 15.8 Å². The van der Waals surface area contributed by atoms with Gasteiger partial charge in [0.25, 0.3) is 16.7 Å². The van der Waals surface area contributed by atoms with Gasteiger partial charge in [-0.3, -0.25) is 57.4 Å². The largest absolute Gasteiger partial charge is 0.504 e. The number of benzene rings is 3. The van der Waals surface area contributed by atoms with Crippen LogP contribution in [0.2, 0.25) is 60.3 Å². The molecule has 3 amide bonds. The summed E-state index contributed by atoms with van der Waals surface area (Å²) in [7, 11) is 0. The Morgan fingerprint density at radius 2 is 0.596 bits per heavy atom. The maximum atomic E-state index is 15.0. The number of hydrogen-bond donors (Lipinski definition) is 3. The number of anilines is 3. The molecule has 0 radical (unpaired) electrons. The summed E-state index contributed by atoms with van der Waals surface area (Å²) in [4.78, 5) is 120. The van der Waals surface area contributed by atoms with Crippen LogP contribution in [0.3, 0.4) is 0 Å². The van der Waals surface area contributed by atoms with Crippen LogP contribution in [0.15, 0.2) is 107 Å². The van der Waals surface area contributed by atoms with E-state index in [9.17, 15) is 59.9 Å². The zero-order valence-corrected chi connectivity index (χ0v) is 87.1. The molecule has 0 saturated carbocycles. The second-order valence-corrected chi connectivity index (χ2v) is 39.8. The molecule has 0 spiro atoms. The lowest BCUT2D eigenvalue weighted by Crippen LogP contribution is -2.58. The van der Waals surface area contributed by atoms with Crippen molar-refractivity contribution in [3.8, 4) is 86.3 Å². The number of hydrogen-bond acceptors (Lipinski definition) is 21. The number of phenolic OH excluding ortho intramolecular Hbond substituents is 3. The molecular weight excluding hydrogens is 2070 g/mol. The third-order valence-electron chi connectivity index (χ3n) is 24.8. The molecule has 27 nitrogen and oxygen atoms in total. The average molecular weight is 2160 g/mol. The summed E-state index contributed by atoms with van der Waals surface area (Å²) >= 11 is 76.5. The van der Waals surface area contributed by atoms with Crippen molar-refractivity contribution < 1.29 is 42.9 Å². The van der Waals surface area contributed by atoms with E-state index in [4.69, 9.17) is 154 Å². The Kier molecular flexibility index (Phi) is 31.9. The van der Waals surface area contributed by atoms with Crippen molar-refractivity contribution >= 4 is 207 Å². The van der Waals surface area contributed by atoms with Crippen LogP contribution in [0.1, 0.15) is 151 Å². The summed E-state index contributed by atoms with van der Waals surface area (Å²) in [6.45, 7) is 40.5. The van der Waals surface area contributed by atoms with Crippen LogP contribution in [0.5, 0.6) is 17.2 Å². The number of carbonyl (C=O) groups is 3. The Labute approximate surface area is 867 Å². The van der Waals surface area contributed by atoms with Crippen LogP contribution in [-0.2, 0) is 14.4 Å². The minimum atomic E-state index is -1.23. The third-order valence-corrected chi connectivity index (χ3v) is 29.5. The molecule has 12 aromatic rings. The molecule has 9 aromatic heterocycles. The fourth-order valence-corrected chi connectivity index (χ4v) is 21.5. The SMILES string of the molecule is C=CC(=O)N1[C@H](C)CN(c2c(C#N)c(=O)n(-c3c(C)ccnc3C(C)C)c3nc(-c4c(O)c(F)c(Cl)c(Cl)c4Cl)c(Cl)cc23)C[C@@H]1C.C=CC(=O)N1[C@H](C)CN(c2c(C#N)c(=O)n(-c3c(C)ccnc3C(C)C)c3nc(-c4c(O)c(F)c(Cl)c(Cl)c4Cl)c(Cl)cc23)C[C@@H]1C.C=CC(=O)N1[C@H](C)CN(c2c(C#N)c(=O)n(-c3c(C)ccnc3C(C)C)c3nc(-c4c(O)c(F)c(Cl)c(Cl)c4Cl)c(Cl)cc23)C[C@@H]1C. The van der Waals surface area contributed by atoms with E-state index in [0.29, 0.717) is 67.0 Å². The summed E-state index contributed by atoms with van der Waals surface area (Å²) in [5.74, 6) is -7.66. The van der Waals surface area contributed by atoms with E-state index in [2.05, 4.69) is 52.9 Å². The van der Waals surface area contributed by atoms with E-state index in [0.717, 1.165) is 0 Å². The van der Waals surface area contributed by atoms with E-state index in [1.165, 1.54) is 50.1 Å². The number of piperazine rings is 3. The number of aryl methyl sites for hydroxylation is 3. The first kappa shape index (κ1) is 107. The monoisotopic (exact) mass is 2150 g/mol. The molecule has 0 bridgehead atoms. The number of phenols is 3. The van der Waals surface area contributed by atoms with Crippen LogP contribution < -0.4 is 31.4 Å². The highest BCUT2D eigenvalue weighted by Gasteiger charge is 2.42. The fraction of sp³-hybridized carbons (Fsp3) is 0.303. The average Bonchev–Trinajstić information content (AvgIpc) is 0.725. The second-order valence-electron chi connectivity index (χ2n) is 35.1. The van der Waals surface area contributed by atoms with Gasteiger partial charge in [0.05, 0.1) is 130 Å². The number of nitrogens with zero attached hydrogens (tertiary/aromatic N) is 18. The summed E-state index contributed by atoms with van der Waals surface area (Å²) in [6.07, 6.45) is 8.62. The normalized spacial score (nSPS) is 16.6. The van der Waals surface area contributed by atoms with Crippen molar-refractivity contribution in [2.24, 2.45) is 0 Å². The Balaban J connectivity index is 0.000000178. The van der Waals surface area contributed by atoms with Crippen molar-refractivity contribution in [3.63, 3.8) is 0 Å². The number of halogens is 15. The van der Waals surface area contributed by atoms with Gasteiger partial charge in [-0.25, -0.2) is 28.1 Å². The number of nitriles is 3. The van der Waals surface area contributed by atoms with Crippen molar-refractivity contribution in [2.75, 3.05) is 54.0 Å². The van der Waals surface area contributed by atoms with Gasteiger partial charge in [-0.15, -0.1) is 0 Å². The molecule has 15 rings (SSSR count). The van der Waals surface area contributed by atoms with Gasteiger partial charge in [0.2, 0.25) is 17.7 Å². The molecular formula is C99H87Cl12F3N18O9. The molecule has 3 N–H and O–H groups in total. The quantitative estimate of drug-likeness (QED) is 0.0487. The first-order valence-electron chi connectivity index (χ1n) is 43.7. The Morgan fingerprint density at radius 3 is 0.787 bits per heavy atom. The maximum Gasteiger partial charge on any atom is 0.276 e. The van der Waals surface area contributed by atoms with Crippen molar-refractivity contribution in [1.29, 1.82) is 15.8 Å². The third kappa shape index (κ3) is 18.8. The lowest BCUT2D eigenvalue weighted by molar-refractivity contribution is -0.131. The smallest absolute Gasteiger partial charge is 0.276 e. The zero-order chi connectivity index (χ0) is 104. The highest BCUT2D eigenvalue weighted by atomic mass is 35.5. The van der Waals surface area contributed by atoms with Gasteiger partial charge >= 0.3 is 0 Å². The maximum absolute atomic E-state index is 15.0. The number of pyridine rings is 9. The standard InChI is InChI=1S/3C33H29Cl4FN6O3/c3*1-7-21(45)43-16(5)12-42(13-17(43)6)30-18-10-20(34)28(22-23(35)24(36)25(37)26(38)31(22)46)41-32(18)44(33(47)19(30)11-39)29-15(4)8-9-40-27(29)14(2)3/h3*7-10,14,16-17,46H,1,12-13H2,2-6H3/t3*16-,17+. The molecule has 732 valence electrons. The lowest BCUT2D eigenvalue weighted by Gasteiger charge is -2.45. The van der Waals surface area contributed by atoms with Gasteiger partial charge in [0.15, 0.2) is 34.7 Å². The van der Waals surface area contributed by atoms with E-state index in [1.807, 2.05) is 97.8 Å². The Morgan fingerprint density at radius 1 is 0.383 bits per heavy atom. The number of aromatic nitrogens is 9. The molecule has 3 aliphatic heterocycles. The molecule has 0 unspecified atom stereocenters. The molecule has 3 aliphatic rings. The number of aromatic hydroxyl groups is 3. The summed E-state index contributed by atoms with van der Waals surface area (Å²) in [6, 6.07) is 14.0. The van der Waals surface area contributed by atoms with Crippen molar-refractivity contribution in [3.05, 3.63) is 252 Å². The highest BCUT2D eigenvalue weighted by Crippen LogP contribution is 2.54. The topological polar surface area (TPSA) is 346 Å². The minimum Gasteiger partial charge on any atom is -0.504 e. The zero-order valence-electron chi connectivity index (χ0n) is 78.0. The molecule has 141 heavy (non-hydrogen) atoms. The number of carbonyl (C=O) groups excluding carboxylic acids is 3. The summed E-state index contributed by atoms with van der Waals surface area (Å²) in [5.41, 5.74) is 1.66. The summed E-state index contributed by atoms with van der Waals surface area (Å²) in [5, 5.41) is 61.0. The molecule has 6 atom stereocenters. The van der Waals surface area contributed by atoms with Gasteiger partial charge in [0, 0.05) is 110 Å². The van der Waals surface area contributed by atoms with Crippen molar-refractivity contribution in [2.45, 2.75) is 158 Å². The molecule has 3 fully saturated rings. The van der Waals surface area contributed by atoms with E-state index in [1.54, 1.807) is 72.3 Å². The summed E-state index contributed by atoms with van der Waals surface area (Å²) < 4.78 is 48.9. The van der Waals surface area contributed by atoms with Crippen LogP contribution in [-0.4, -0.2) is 167 Å². The van der Waals surface area contributed by atoms with Crippen LogP contribution in [0.25, 0.3) is 83.9 Å². The van der Waals surface area contributed by atoms with Gasteiger partial charge in [0.1, 0.15) is 66.9 Å². The highest BCUT2D eigenvalue weighted by molar-refractivity contribution is 6.52. The van der Waals surface area contributed by atoms with Crippen LogP contribution in [0.4, 0.5) is 30.2 Å². The molecule has 42 heteroatoms. The number of rotatable bonds is 15. The lowest BCUT2D eigenvalue weighted by atomic mass is 10.0. The van der Waals surface area contributed by atoms with E-state index >= 15 is 13.2 Å². The van der Waals surface area contributed by atoms with Crippen molar-refractivity contribution in [1.82, 2.24) is 58.3 Å². The van der Waals surface area contributed by atoms with E-state index in [-0.39, 0.29) is 241 Å². The number of amides is 3. The minimum absolute atomic E-state index is 0.0354. The predicted molar refractivity (Wildman–Crippen MR) is 552 cm³/mol. The fourth-order valence-electron chi connectivity index (χ4n) is 18.7. The number of fused-ring (bicyclic) bond motifs is 3. The van der Waals surface area contributed by atoms with E-state index < -0.39 is 66.4 Å². The Bertz CT molecular complexity index is 6860. The molecule has 3 saturated heterocycles. The van der Waals surface area contributed by atoms with Crippen LogP contribution in [0, 0.1) is 72.2 Å². The van der Waals surface area contributed by atoms with Gasteiger partial charge < -0.3 is 44.7 Å². The molecule has 12 heterocycles. The first-order chi connectivity index (χ1) is 66.5.